The van der Waals surface area contributed by atoms with Crippen LogP contribution in [0.3, 0.4) is 0 Å². The Labute approximate surface area is 114 Å². The van der Waals surface area contributed by atoms with Crippen molar-refractivity contribution in [2.75, 3.05) is 18.8 Å². The van der Waals surface area contributed by atoms with Crippen molar-refractivity contribution in [3.63, 3.8) is 0 Å². The largest absolute Gasteiger partial charge is 0.398 e. The monoisotopic (exact) mass is 284 g/mol. The summed E-state index contributed by atoms with van der Waals surface area (Å²) in [6.45, 7) is 7.23. The highest BCUT2D eigenvalue weighted by molar-refractivity contribution is 7.89. The minimum absolute atomic E-state index is 0.127. The number of sulfonamides is 1. The molecule has 0 bridgehead atoms. The number of nitrogens with two attached hydrogens (primary N) is 1. The van der Waals surface area contributed by atoms with Gasteiger partial charge in [0.1, 0.15) is 0 Å². The Bertz CT molecular complexity index is 628. The van der Waals surface area contributed by atoms with E-state index in [0.29, 0.717) is 16.8 Å². The van der Waals surface area contributed by atoms with Crippen molar-refractivity contribution in [1.29, 1.82) is 0 Å². The Morgan fingerprint density at radius 3 is 2.26 bits per heavy atom. The number of anilines is 1. The van der Waals surface area contributed by atoms with Crippen LogP contribution in [-0.4, -0.2) is 36.5 Å². The van der Waals surface area contributed by atoms with Crippen LogP contribution in [0.5, 0.6) is 0 Å². The first-order valence-corrected chi connectivity index (χ1v) is 7.59. The van der Waals surface area contributed by atoms with E-state index in [-0.39, 0.29) is 18.0 Å². The molecule has 1 aliphatic rings. The second kappa shape index (κ2) is 4.19. The van der Waals surface area contributed by atoms with Gasteiger partial charge in [-0.25, -0.2) is 8.42 Å². The van der Waals surface area contributed by atoms with Crippen LogP contribution in [0.1, 0.15) is 23.6 Å². The first kappa shape index (κ1) is 14.3. The molecule has 0 spiro atoms. The van der Waals surface area contributed by atoms with Gasteiger partial charge in [-0.3, -0.25) is 0 Å². The highest BCUT2D eigenvalue weighted by atomic mass is 32.2. The summed E-state index contributed by atoms with van der Waals surface area (Å²) < 4.78 is 26.4. The average molecular weight is 284 g/mol. The number of β-amino-alcohol motifs (C(OH)–C–C–N with tert-alkyl or cyclic N) is 1. The van der Waals surface area contributed by atoms with E-state index in [9.17, 15) is 13.5 Å². The SMILES string of the molecule is Cc1cc(C)c(S(=O)(=O)N2CC(C)(O)C2)c(C)c1N. The lowest BCUT2D eigenvalue weighted by Crippen LogP contribution is -2.61. The molecule has 0 saturated carbocycles. The third-order valence-electron chi connectivity index (χ3n) is 3.59. The van der Waals surface area contributed by atoms with E-state index < -0.39 is 15.6 Å². The van der Waals surface area contributed by atoms with Crippen molar-refractivity contribution in [3.8, 4) is 0 Å². The second-order valence-electron chi connectivity index (χ2n) is 5.65. The first-order valence-electron chi connectivity index (χ1n) is 6.15. The fourth-order valence-corrected chi connectivity index (χ4v) is 4.71. The molecule has 1 fully saturated rings. The van der Waals surface area contributed by atoms with Gasteiger partial charge >= 0.3 is 0 Å². The van der Waals surface area contributed by atoms with Crippen LogP contribution >= 0.6 is 0 Å². The first-order chi connectivity index (χ1) is 8.56. The number of aryl methyl sites for hydroxylation is 2. The molecule has 0 radical (unpaired) electrons. The van der Waals surface area contributed by atoms with Gasteiger partial charge in [0, 0.05) is 18.8 Å². The molecule has 2 rings (SSSR count). The summed E-state index contributed by atoms with van der Waals surface area (Å²) in [5.41, 5.74) is 7.67. The molecule has 1 aromatic carbocycles. The maximum absolute atomic E-state index is 12.6. The molecule has 1 saturated heterocycles. The topological polar surface area (TPSA) is 83.6 Å². The van der Waals surface area contributed by atoms with Crippen molar-refractivity contribution < 1.29 is 13.5 Å². The summed E-state index contributed by atoms with van der Waals surface area (Å²) in [6.07, 6.45) is 0. The Hall–Kier alpha value is -1.11. The number of nitrogen functional groups attached to an aromatic ring is 1. The number of nitrogens with zero attached hydrogens (tertiary/aromatic N) is 1. The molecule has 6 heteroatoms. The third kappa shape index (κ3) is 2.24. The van der Waals surface area contributed by atoms with Gasteiger partial charge in [0.15, 0.2) is 0 Å². The van der Waals surface area contributed by atoms with Crippen molar-refractivity contribution in [1.82, 2.24) is 4.31 Å². The smallest absolute Gasteiger partial charge is 0.243 e. The van der Waals surface area contributed by atoms with E-state index in [1.807, 2.05) is 6.92 Å². The zero-order valence-electron chi connectivity index (χ0n) is 11.7. The molecule has 1 aromatic rings. The van der Waals surface area contributed by atoms with Gasteiger partial charge in [-0.05, 0) is 44.4 Å². The second-order valence-corrected chi connectivity index (χ2v) is 7.52. The summed E-state index contributed by atoms with van der Waals surface area (Å²) in [6, 6.07) is 1.78. The molecule has 3 N–H and O–H groups in total. The minimum atomic E-state index is -3.58. The Morgan fingerprint density at radius 1 is 1.26 bits per heavy atom. The van der Waals surface area contributed by atoms with Gasteiger partial charge in [-0.1, -0.05) is 6.07 Å². The van der Waals surface area contributed by atoms with E-state index in [2.05, 4.69) is 0 Å². The summed E-state index contributed by atoms with van der Waals surface area (Å²) in [5.74, 6) is 0. The van der Waals surface area contributed by atoms with Crippen molar-refractivity contribution in [2.24, 2.45) is 0 Å². The molecular weight excluding hydrogens is 264 g/mol. The van der Waals surface area contributed by atoms with E-state index in [0.717, 1.165) is 5.56 Å². The zero-order chi connectivity index (χ0) is 14.6. The maximum atomic E-state index is 12.6. The number of rotatable bonds is 2. The molecule has 0 unspecified atom stereocenters. The minimum Gasteiger partial charge on any atom is -0.398 e. The highest BCUT2D eigenvalue weighted by Crippen LogP contribution is 2.34. The Balaban J connectivity index is 2.51. The quantitative estimate of drug-likeness (QED) is 0.792. The normalized spacial score (nSPS) is 19.2. The fraction of sp³-hybridized carbons (Fsp3) is 0.538. The Kier molecular flexibility index (Phi) is 3.16. The average Bonchev–Trinajstić information content (AvgIpc) is 2.22. The molecule has 0 aromatic heterocycles. The fourth-order valence-electron chi connectivity index (χ4n) is 2.59. The molecular formula is C13H20N2O3S. The predicted octanol–water partition coefficient (Wildman–Crippen LogP) is 0.949. The lowest BCUT2D eigenvalue weighted by atomic mass is 10.0. The van der Waals surface area contributed by atoms with Crippen LogP contribution in [0, 0.1) is 20.8 Å². The van der Waals surface area contributed by atoms with E-state index in [1.54, 1.807) is 26.8 Å². The lowest BCUT2D eigenvalue weighted by molar-refractivity contribution is -0.0426. The highest BCUT2D eigenvalue weighted by Gasteiger charge is 2.44. The summed E-state index contributed by atoms with van der Waals surface area (Å²) in [7, 11) is -3.58. The van der Waals surface area contributed by atoms with Gasteiger partial charge in [0.25, 0.3) is 0 Å². The van der Waals surface area contributed by atoms with Crippen molar-refractivity contribution in [2.45, 2.75) is 38.2 Å². The number of benzene rings is 1. The van der Waals surface area contributed by atoms with Gasteiger partial charge in [-0.2, -0.15) is 4.31 Å². The standard InChI is InChI=1S/C13H20N2O3S/c1-8-5-9(2)12(10(3)11(8)14)19(17,18)15-6-13(4,16)7-15/h5,16H,6-7,14H2,1-4H3. The van der Waals surface area contributed by atoms with Gasteiger partial charge < -0.3 is 10.8 Å². The van der Waals surface area contributed by atoms with E-state index in [4.69, 9.17) is 5.73 Å². The van der Waals surface area contributed by atoms with Crippen molar-refractivity contribution in [3.05, 3.63) is 22.8 Å². The van der Waals surface area contributed by atoms with Gasteiger partial charge in [0.05, 0.1) is 10.5 Å². The molecule has 0 aliphatic carbocycles. The lowest BCUT2D eigenvalue weighted by Gasteiger charge is -2.43. The van der Waals surface area contributed by atoms with Crippen molar-refractivity contribution >= 4 is 15.7 Å². The molecule has 0 amide bonds. The van der Waals surface area contributed by atoms with Crippen LogP contribution in [0.25, 0.3) is 0 Å². The summed E-state index contributed by atoms with van der Waals surface area (Å²) in [5, 5.41) is 9.70. The van der Waals surface area contributed by atoms with Crippen LogP contribution in [0.2, 0.25) is 0 Å². The Morgan fingerprint density at radius 2 is 1.79 bits per heavy atom. The van der Waals surface area contributed by atoms with Crippen LogP contribution in [0.15, 0.2) is 11.0 Å². The van der Waals surface area contributed by atoms with Gasteiger partial charge in [0.2, 0.25) is 10.0 Å². The van der Waals surface area contributed by atoms with E-state index in [1.165, 1.54) is 4.31 Å². The van der Waals surface area contributed by atoms with Crippen LogP contribution < -0.4 is 5.73 Å². The summed E-state index contributed by atoms with van der Waals surface area (Å²) >= 11 is 0. The number of hydrogen-bond acceptors (Lipinski definition) is 4. The van der Waals surface area contributed by atoms with Crippen LogP contribution in [0.4, 0.5) is 5.69 Å². The van der Waals surface area contributed by atoms with Gasteiger partial charge in [-0.15, -0.1) is 0 Å². The number of hydrogen-bond donors (Lipinski definition) is 2. The molecule has 0 atom stereocenters. The molecule has 1 aliphatic heterocycles. The maximum Gasteiger partial charge on any atom is 0.243 e. The molecule has 106 valence electrons. The zero-order valence-corrected chi connectivity index (χ0v) is 12.5. The third-order valence-corrected chi connectivity index (χ3v) is 5.67. The summed E-state index contributed by atoms with van der Waals surface area (Å²) in [4.78, 5) is 0.270. The van der Waals surface area contributed by atoms with Crippen LogP contribution in [-0.2, 0) is 10.0 Å². The predicted molar refractivity (Wildman–Crippen MR) is 74.4 cm³/mol. The number of aliphatic hydroxyl groups is 1. The molecule has 1 heterocycles. The van der Waals surface area contributed by atoms with E-state index >= 15 is 0 Å². The molecule has 19 heavy (non-hydrogen) atoms. The molecule has 5 nitrogen and oxygen atoms in total.